The molecule has 4 nitrogen and oxygen atoms in total. The van der Waals surface area contributed by atoms with Gasteiger partial charge in [0, 0.05) is 16.8 Å². The molecule has 124 valence electrons. The van der Waals surface area contributed by atoms with Crippen molar-refractivity contribution in [2.45, 2.75) is 13.8 Å². The van der Waals surface area contributed by atoms with Gasteiger partial charge in [0.05, 0.1) is 0 Å². The van der Waals surface area contributed by atoms with Crippen molar-refractivity contribution < 1.29 is 14.3 Å². The van der Waals surface area contributed by atoms with E-state index in [4.69, 9.17) is 16.3 Å². The molecule has 0 aliphatic rings. The molecule has 0 fully saturated rings. The fourth-order valence-electron chi connectivity index (χ4n) is 2.03. The van der Waals surface area contributed by atoms with Crippen LogP contribution in [0.2, 0.25) is 5.02 Å². The molecule has 0 saturated heterocycles. The van der Waals surface area contributed by atoms with Gasteiger partial charge in [-0.3, -0.25) is 4.79 Å². The minimum Gasteiger partial charge on any atom is -0.452 e. The predicted octanol–water partition coefficient (Wildman–Crippen LogP) is 4.15. The summed E-state index contributed by atoms with van der Waals surface area (Å²) in [7, 11) is 0. The number of aryl methyl sites for hydroxylation is 1. The van der Waals surface area contributed by atoms with Crippen LogP contribution in [-0.4, -0.2) is 18.5 Å². The summed E-state index contributed by atoms with van der Waals surface area (Å²) in [6.07, 6.45) is 2.79. The van der Waals surface area contributed by atoms with E-state index in [0.29, 0.717) is 16.3 Å². The number of amides is 1. The molecule has 0 atom stereocenters. The van der Waals surface area contributed by atoms with Crippen molar-refractivity contribution in [2.24, 2.45) is 0 Å². The monoisotopic (exact) mass is 343 g/mol. The molecule has 2 aromatic carbocycles. The van der Waals surface area contributed by atoms with Crippen molar-refractivity contribution in [1.29, 1.82) is 0 Å². The van der Waals surface area contributed by atoms with Crippen molar-refractivity contribution in [3.8, 4) is 0 Å². The topological polar surface area (TPSA) is 55.4 Å². The summed E-state index contributed by atoms with van der Waals surface area (Å²) in [5, 5.41) is 3.26. The molecule has 0 aliphatic carbocycles. The van der Waals surface area contributed by atoms with Crippen LogP contribution in [0.3, 0.4) is 0 Å². The zero-order chi connectivity index (χ0) is 17.5. The molecule has 24 heavy (non-hydrogen) atoms. The summed E-state index contributed by atoms with van der Waals surface area (Å²) < 4.78 is 4.93. The van der Waals surface area contributed by atoms with Crippen LogP contribution in [0.4, 0.5) is 5.69 Å². The van der Waals surface area contributed by atoms with Crippen LogP contribution in [-0.2, 0) is 14.3 Å². The first-order valence-corrected chi connectivity index (χ1v) is 7.80. The average Bonchev–Trinajstić information content (AvgIpc) is 2.56. The largest absolute Gasteiger partial charge is 0.452 e. The van der Waals surface area contributed by atoms with Crippen LogP contribution < -0.4 is 5.32 Å². The number of rotatable bonds is 5. The lowest BCUT2D eigenvalue weighted by Gasteiger charge is -2.10. The predicted molar refractivity (Wildman–Crippen MR) is 96.0 cm³/mol. The Hall–Kier alpha value is -2.59. The quantitative estimate of drug-likeness (QED) is 0.655. The fraction of sp³-hybridized carbons (Fsp3) is 0.158. The molecular weight excluding hydrogens is 326 g/mol. The molecule has 0 saturated carbocycles. The van der Waals surface area contributed by atoms with Crippen LogP contribution in [0.25, 0.3) is 6.08 Å². The standard InChI is InChI=1S/C19H18ClNO3/c1-13-6-5-9-17(14(13)2)21-18(22)12-24-19(23)11-10-15-7-3-4-8-16(15)20/h3-11H,12H2,1-2H3,(H,21,22)/b11-10+. The molecule has 0 unspecified atom stereocenters. The van der Waals surface area contributed by atoms with Crippen LogP contribution in [0, 0.1) is 13.8 Å². The first-order chi connectivity index (χ1) is 11.5. The van der Waals surface area contributed by atoms with Gasteiger partial charge in [0.2, 0.25) is 0 Å². The molecule has 1 amide bonds. The maximum absolute atomic E-state index is 11.9. The number of anilines is 1. The van der Waals surface area contributed by atoms with Gasteiger partial charge in [-0.05, 0) is 48.7 Å². The van der Waals surface area contributed by atoms with Gasteiger partial charge in [0.25, 0.3) is 5.91 Å². The van der Waals surface area contributed by atoms with Gasteiger partial charge in [0.15, 0.2) is 6.61 Å². The van der Waals surface area contributed by atoms with Crippen molar-refractivity contribution in [2.75, 3.05) is 11.9 Å². The number of hydrogen-bond acceptors (Lipinski definition) is 3. The van der Waals surface area contributed by atoms with Gasteiger partial charge < -0.3 is 10.1 Å². The van der Waals surface area contributed by atoms with Gasteiger partial charge in [-0.2, -0.15) is 0 Å². The van der Waals surface area contributed by atoms with Crippen molar-refractivity contribution in [3.63, 3.8) is 0 Å². The second kappa shape index (κ2) is 8.31. The lowest BCUT2D eigenvalue weighted by Crippen LogP contribution is -2.20. The van der Waals surface area contributed by atoms with E-state index in [1.165, 1.54) is 6.08 Å². The summed E-state index contributed by atoms with van der Waals surface area (Å²) in [4.78, 5) is 23.5. The average molecular weight is 344 g/mol. The number of nitrogens with one attached hydrogen (secondary N) is 1. The van der Waals surface area contributed by atoms with E-state index < -0.39 is 5.97 Å². The number of ether oxygens (including phenoxy) is 1. The highest BCUT2D eigenvalue weighted by molar-refractivity contribution is 6.32. The number of hydrogen-bond donors (Lipinski definition) is 1. The molecular formula is C19H18ClNO3. The van der Waals surface area contributed by atoms with E-state index in [9.17, 15) is 9.59 Å². The zero-order valence-corrected chi connectivity index (χ0v) is 14.3. The first kappa shape index (κ1) is 17.8. The van der Waals surface area contributed by atoms with E-state index in [0.717, 1.165) is 11.1 Å². The summed E-state index contributed by atoms with van der Waals surface area (Å²) in [6.45, 7) is 3.53. The Labute approximate surface area is 146 Å². The molecule has 0 aliphatic heterocycles. The first-order valence-electron chi connectivity index (χ1n) is 7.43. The van der Waals surface area contributed by atoms with E-state index >= 15 is 0 Å². The minimum atomic E-state index is -0.606. The Balaban J connectivity index is 1.86. The highest BCUT2D eigenvalue weighted by Gasteiger charge is 2.08. The third kappa shape index (κ3) is 4.96. The number of halogens is 1. The Kier molecular flexibility index (Phi) is 6.15. The van der Waals surface area contributed by atoms with Gasteiger partial charge in [0.1, 0.15) is 0 Å². The molecule has 0 heterocycles. The maximum Gasteiger partial charge on any atom is 0.331 e. The Morgan fingerprint density at radius 3 is 2.62 bits per heavy atom. The lowest BCUT2D eigenvalue weighted by atomic mass is 10.1. The lowest BCUT2D eigenvalue weighted by molar-refractivity contribution is -0.142. The summed E-state index contributed by atoms with van der Waals surface area (Å²) >= 11 is 5.99. The van der Waals surface area contributed by atoms with E-state index in [-0.39, 0.29) is 12.5 Å². The van der Waals surface area contributed by atoms with Crippen LogP contribution in [0.1, 0.15) is 16.7 Å². The van der Waals surface area contributed by atoms with E-state index in [2.05, 4.69) is 5.32 Å². The van der Waals surface area contributed by atoms with Crippen molar-refractivity contribution >= 4 is 35.2 Å². The zero-order valence-electron chi connectivity index (χ0n) is 13.5. The Morgan fingerprint density at radius 1 is 1.12 bits per heavy atom. The van der Waals surface area contributed by atoms with Crippen LogP contribution >= 0.6 is 11.6 Å². The number of carbonyl (C=O) groups is 2. The molecule has 0 aromatic heterocycles. The van der Waals surface area contributed by atoms with E-state index in [1.807, 2.05) is 32.0 Å². The molecule has 2 aromatic rings. The Bertz CT molecular complexity index is 784. The molecule has 5 heteroatoms. The van der Waals surface area contributed by atoms with Gasteiger partial charge in [-0.15, -0.1) is 0 Å². The molecule has 0 radical (unpaired) electrons. The molecule has 0 spiro atoms. The van der Waals surface area contributed by atoms with Gasteiger partial charge in [-0.1, -0.05) is 41.9 Å². The molecule has 1 N–H and O–H groups in total. The smallest absolute Gasteiger partial charge is 0.331 e. The highest BCUT2D eigenvalue weighted by Crippen LogP contribution is 2.18. The summed E-state index contributed by atoms with van der Waals surface area (Å²) in [5.74, 6) is -0.991. The number of benzene rings is 2. The normalized spacial score (nSPS) is 10.6. The van der Waals surface area contributed by atoms with Gasteiger partial charge >= 0.3 is 5.97 Å². The molecule has 0 bridgehead atoms. The van der Waals surface area contributed by atoms with Crippen molar-refractivity contribution in [1.82, 2.24) is 0 Å². The SMILES string of the molecule is Cc1cccc(NC(=O)COC(=O)/C=C/c2ccccc2Cl)c1C. The fourth-order valence-corrected chi connectivity index (χ4v) is 2.22. The van der Waals surface area contributed by atoms with Crippen LogP contribution in [0.5, 0.6) is 0 Å². The number of esters is 1. The van der Waals surface area contributed by atoms with Crippen LogP contribution in [0.15, 0.2) is 48.5 Å². The second-order valence-electron chi connectivity index (χ2n) is 5.26. The third-order valence-corrected chi connectivity index (χ3v) is 3.87. The summed E-state index contributed by atoms with van der Waals surface area (Å²) in [6, 6.07) is 12.7. The minimum absolute atomic E-state index is 0.348. The number of carbonyl (C=O) groups excluding carboxylic acids is 2. The van der Waals surface area contributed by atoms with Gasteiger partial charge in [-0.25, -0.2) is 4.79 Å². The second-order valence-corrected chi connectivity index (χ2v) is 5.67. The highest BCUT2D eigenvalue weighted by atomic mass is 35.5. The summed E-state index contributed by atoms with van der Waals surface area (Å²) in [5.41, 5.74) is 3.47. The molecule has 2 rings (SSSR count). The Morgan fingerprint density at radius 2 is 1.88 bits per heavy atom. The third-order valence-electron chi connectivity index (χ3n) is 3.53. The van der Waals surface area contributed by atoms with Crippen molar-refractivity contribution in [3.05, 3.63) is 70.3 Å². The maximum atomic E-state index is 11.9. The van der Waals surface area contributed by atoms with E-state index in [1.54, 1.807) is 30.3 Å².